The summed E-state index contributed by atoms with van der Waals surface area (Å²) in [5.74, 6) is 6.57. The highest BCUT2D eigenvalue weighted by atomic mass is 16.3. The first-order valence-electron chi connectivity index (χ1n) is 16.1. The summed E-state index contributed by atoms with van der Waals surface area (Å²) in [5.41, 5.74) is 2.28. The number of hydrogen-bond acceptors (Lipinski definition) is 1. The van der Waals surface area contributed by atoms with E-state index in [1.807, 2.05) is 0 Å². The molecule has 0 spiro atoms. The van der Waals surface area contributed by atoms with Crippen molar-refractivity contribution in [1.29, 1.82) is 0 Å². The zero-order valence-corrected chi connectivity index (χ0v) is 24.7. The van der Waals surface area contributed by atoms with E-state index >= 15 is 0 Å². The fourth-order valence-electron chi connectivity index (χ4n) is 10.8. The van der Waals surface area contributed by atoms with E-state index in [2.05, 4.69) is 77.1 Å². The van der Waals surface area contributed by atoms with Crippen LogP contribution in [0.4, 0.5) is 0 Å². The minimum absolute atomic E-state index is 0.119. The molecule has 0 saturated heterocycles. The Morgan fingerprint density at radius 2 is 1.54 bits per heavy atom. The molecule has 1 aromatic carbocycles. The summed E-state index contributed by atoms with van der Waals surface area (Å²) < 4.78 is 0. The van der Waals surface area contributed by atoms with Gasteiger partial charge in [-0.2, -0.15) is 0 Å². The van der Waals surface area contributed by atoms with Gasteiger partial charge in [0.05, 0.1) is 6.10 Å². The lowest BCUT2D eigenvalue weighted by Gasteiger charge is -2.62. The Balaban J connectivity index is 1.28. The van der Waals surface area contributed by atoms with Gasteiger partial charge in [-0.1, -0.05) is 96.4 Å². The van der Waals surface area contributed by atoms with Crippen LogP contribution in [-0.2, 0) is 0 Å². The van der Waals surface area contributed by atoms with Crippen LogP contribution < -0.4 is 0 Å². The molecule has 206 valence electrons. The second-order valence-electron chi connectivity index (χ2n) is 14.9. The van der Waals surface area contributed by atoms with E-state index in [4.69, 9.17) is 0 Å². The van der Waals surface area contributed by atoms with Gasteiger partial charge >= 0.3 is 0 Å². The maximum atomic E-state index is 11.2. The lowest BCUT2D eigenvalue weighted by molar-refractivity contribution is -0.152. The molecule has 4 aliphatic rings. The minimum atomic E-state index is -0.119. The number of aliphatic hydroxyl groups is 1. The van der Waals surface area contributed by atoms with E-state index in [9.17, 15) is 5.11 Å². The standard InChI is InChI=1S/C36H56O/c1-25(2)11-9-12-26(3)30-19-20-31-28-17-18-32-29(16-10-15-27-13-7-6-8-14-27)34(37)22-24-36(32,5)33(28)21-23-35(30,31)4/h6-8,10,13-15,25-26,28-34,37H,9,11-12,16-24H2,1-5H3/b15-10+/t26-,28?,29+,30-,31?,32?,33?,34-,35-,36+/m1/s1. The van der Waals surface area contributed by atoms with Gasteiger partial charge in [0.25, 0.3) is 0 Å². The van der Waals surface area contributed by atoms with Crippen LogP contribution in [0.15, 0.2) is 36.4 Å². The molecule has 0 radical (unpaired) electrons. The van der Waals surface area contributed by atoms with Gasteiger partial charge in [-0.3, -0.25) is 0 Å². The molecule has 4 fully saturated rings. The molecule has 1 heteroatoms. The predicted octanol–water partition coefficient (Wildman–Crippen LogP) is 9.80. The average Bonchev–Trinajstić information content (AvgIpc) is 3.23. The highest BCUT2D eigenvalue weighted by Gasteiger charge is 2.61. The zero-order valence-electron chi connectivity index (χ0n) is 24.7. The molecular formula is C36H56O. The van der Waals surface area contributed by atoms with Gasteiger partial charge in [-0.15, -0.1) is 0 Å². The van der Waals surface area contributed by atoms with Crippen LogP contribution >= 0.6 is 0 Å². The second kappa shape index (κ2) is 11.2. The van der Waals surface area contributed by atoms with Gasteiger partial charge in [0.1, 0.15) is 0 Å². The van der Waals surface area contributed by atoms with E-state index in [0.29, 0.717) is 22.7 Å². The van der Waals surface area contributed by atoms with Crippen LogP contribution in [0.5, 0.6) is 0 Å². The summed E-state index contributed by atoms with van der Waals surface area (Å²) in [6.07, 6.45) is 20.7. The first-order chi connectivity index (χ1) is 17.7. The molecular weight excluding hydrogens is 448 g/mol. The topological polar surface area (TPSA) is 20.2 Å². The molecule has 0 heterocycles. The van der Waals surface area contributed by atoms with Crippen molar-refractivity contribution in [1.82, 2.24) is 0 Å². The Morgan fingerprint density at radius 3 is 2.30 bits per heavy atom. The van der Waals surface area contributed by atoms with Crippen LogP contribution in [-0.4, -0.2) is 11.2 Å². The van der Waals surface area contributed by atoms with Crippen LogP contribution in [0.2, 0.25) is 0 Å². The van der Waals surface area contributed by atoms with Crippen LogP contribution in [0, 0.1) is 58.2 Å². The maximum Gasteiger partial charge on any atom is 0.0574 e. The molecule has 10 atom stereocenters. The summed E-state index contributed by atoms with van der Waals surface area (Å²) in [7, 11) is 0. The Labute approximate surface area is 228 Å². The normalized spacial score (nSPS) is 42.4. The lowest BCUT2D eigenvalue weighted by Crippen LogP contribution is -2.56. The summed E-state index contributed by atoms with van der Waals surface area (Å²) in [6.45, 7) is 12.7. The van der Waals surface area contributed by atoms with Crippen molar-refractivity contribution in [3.63, 3.8) is 0 Å². The van der Waals surface area contributed by atoms with Crippen molar-refractivity contribution in [2.45, 2.75) is 118 Å². The minimum Gasteiger partial charge on any atom is -0.393 e. The number of aliphatic hydroxyl groups excluding tert-OH is 1. The maximum absolute atomic E-state index is 11.2. The van der Waals surface area contributed by atoms with Gasteiger partial charge in [0.15, 0.2) is 0 Å². The Morgan fingerprint density at radius 1 is 0.838 bits per heavy atom. The molecule has 0 bridgehead atoms. The largest absolute Gasteiger partial charge is 0.393 e. The van der Waals surface area contributed by atoms with Gasteiger partial charge in [0.2, 0.25) is 0 Å². The smallest absolute Gasteiger partial charge is 0.0574 e. The summed E-state index contributed by atoms with van der Waals surface area (Å²) in [5, 5.41) is 11.2. The van der Waals surface area contributed by atoms with Gasteiger partial charge in [-0.25, -0.2) is 0 Å². The third-order valence-electron chi connectivity index (χ3n) is 12.7. The van der Waals surface area contributed by atoms with E-state index in [0.717, 1.165) is 48.3 Å². The molecule has 4 saturated carbocycles. The fourth-order valence-corrected chi connectivity index (χ4v) is 10.8. The molecule has 1 N–H and O–H groups in total. The zero-order chi connectivity index (χ0) is 26.2. The summed E-state index contributed by atoms with van der Waals surface area (Å²) >= 11 is 0. The SMILES string of the molecule is CC(C)CCC[C@@H](C)[C@H]1CCC2C3CCC4[C@H](C/C=C/c5ccccc5)[C@H](O)CC[C@]4(C)C3CC[C@@]21C. The summed E-state index contributed by atoms with van der Waals surface area (Å²) in [6, 6.07) is 10.7. The molecule has 0 aromatic heterocycles. The number of allylic oxidation sites excluding steroid dienone is 1. The number of fused-ring (bicyclic) bond motifs is 5. The van der Waals surface area contributed by atoms with Crippen LogP contribution in [0.3, 0.4) is 0 Å². The highest BCUT2D eigenvalue weighted by Crippen LogP contribution is 2.69. The van der Waals surface area contributed by atoms with Crippen molar-refractivity contribution in [2.24, 2.45) is 58.2 Å². The third kappa shape index (κ3) is 5.25. The molecule has 1 nitrogen and oxygen atoms in total. The number of hydrogen-bond donors (Lipinski definition) is 1. The van der Waals surface area contributed by atoms with Crippen molar-refractivity contribution in [2.75, 3.05) is 0 Å². The van der Waals surface area contributed by atoms with Crippen molar-refractivity contribution < 1.29 is 5.11 Å². The van der Waals surface area contributed by atoms with E-state index in [-0.39, 0.29) is 6.10 Å². The average molecular weight is 505 g/mol. The number of benzene rings is 1. The Bertz CT molecular complexity index is 903. The molecule has 5 rings (SSSR count). The first-order valence-corrected chi connectivity index (χ1v) is 16.1. The van der Waals surface area contributed by atoms with Crippen molar-refractivity contribution in [3.05, 3.63) is 42.0 Å². The molecule has 1 aromatic rings. The van der Waals surface area contributed by atoms with Crippen molar-refractivity contribution >= 4 is 6.08 Å². The monoisotopic (exact) mass is 504 g/mol. The molecule has 4 aliphatic carbocycles. The second-order valence-corrected chi connectivity index (χ2v) is 14.9. The third-order valence-corrected chi connectivity index (χ3v) is 12.7. The van der Waals surface area contributed by atoms with Gasteiger partial charge in [0, 0.05) is 0 Å². The van der Waals surface area contributed by atoms with E-state index < -0.39 is 0 Å². The first kappa shape index (κ1) is 27.5. The molecule has 0 aliphatic heterocycles. The molecule has 37 heavy (non-hydrogen) atoms. The Hall–Kier alpha value is -1.08. The lowest BCUT2D eigenvalue weighted by atomic mass is 9.43. The summed E-state index contributed by atoms with van der Waals surface area (Å²) in [4.78, 5) is 0. The predicted molar refractivity (Wildman–Crippen MR) is 158 cm³/mol. The van der Waals surface area contributed by atoms with Gasteiger partial charge < -0.3 is 5.11 Å². The van der Waals surface area contributed by atoms with E-state index in [1.165, 1.54) is 69.8 Å². The fraction of sp³-hybridized carbons (Fsp3) is 0.778. The van der Waals surface area contributed by atoms with E-state index in [1.54, 1.807) is 0 Å². The van der Waals surface area contributed by atoms with Crippen LogP contribution in [0.1, 0.15) is 117 Å². The highest BCUT2D eigenvalue weighted by molar-refractivity contribution is 5.48. The van der Waals surface area contributed by atoms with Crippen LogP contribution in [0.25, 0.3) is 6.08 Å². The molecule has 0 amide bonds. The van der Waals surface area contributed by atoms with Gasteiger partial charge in [-0.05, 0) is 122 Å². The number of rotatable bonds is 8. The Kier molecular flexibility index (Phi) is 8.31. The quantitative estimate of drug-likeness (QED) is 0.373. The molecule has 4 unspecified atom stereocenters. The van der Waals surface area contributed by atoms with Crippen molar-refractivity contribution in [3.8, 4) is 0 Å².